The van der Waals surface area contributed by atoms with Crippen molar-refractivity contribution in [2.75, 3.05) is 20.2 Å². The molecule has 2 unspecified atom stereocenters. The highest BCUT2D eigenvalue weighted by Crippen LogP contribution is 2.46. The van der Waals surface area contributed by atoms with E-state index in [9.17, 15) is 0 Å². The predicted octanol–water partition coefficient (Wildman–Crippen LogP) is 2.85. The lowest BCUT2D eigenvalue weighted by Gasteiger charge is -2.39. The van der Waals surface area contributed by atoms with Crippen LogP contribution in [0.25, 0.3) is 0 Å². The molecule has 3 rings (SSSR count). The second-order valence-electron chi connectivity index (χ2n) is 5.28. The maximum absolute atomic E-state index is 6.30. The smallest absolute Gasteiger partial charge is 0.129 e. The van der Waals surface area contributed by atoms with Gasteiger partial charge in [-0.25, -0.2) is 0 Å². The van der Waals surface area contributed by atoms with Crippen LogP contribution in [0.1, 0.15) is 30.1 Å². The molecule has 3 nitrogen and oxygen atoms in total. The van der Waals surface area contributed by atoms with Gasteiger partial charge in [-0.3, -0.25) is 0 Å². The van der Waals surface area contributed by atoms with Crippen LogP contribution in [0.5, 0.6) is 5.75 Å². The van der Waals surface area contributed by atoms with Gasteiger partial charge in [-0.1, -0.05) is 11.6 Å². The van der Waals surface area contributed by atoms with Crippen molar-refractivity contribution in [1.29, 1.82) is 0 Å². The van der Waals surface area contributed by atoms with Gasteiger partial charge in [-0.05, 0) is 31.2 Å². The quantitative estimate of drug-likeness (QED) is 0.849. The van der Waals surface area contributed by atoms with Crippen molar-refractivity contribution in [2.45, 2.75) is 31.5 Å². The third kappa shape index (κ3) is 1.91. The van der Waals surface area contributed by atoms with Crippen molar-refractivity contribution in [3.05, 3.63) is 28.3 Å². The molecule has 2 aliphatic heterocycles. The van der Waals surface area contributed by atoms with Crippen LogP contribution in [0.4, 0.5) is 0 Å². The summed E-state index contributed by atoms with van der Waals surface area (Å²) in [5, 5.41) is 4.13. The molecular formula is C14H18ClNO2. The summed E-state index contributed by atoms with van der Waals surface area (Å²) in [5.41, 5.74) is 2.07. The summed E-state index contributed by atoms with van der Waals surface area (Å²) in [5.74, 6) is 0.959. The van der Waals surface area contributed by atoms with Gasteiger partial charge in [-0.2, -0.15) is 0 Å². The zero-order chi connectivity index (χ0) is 12.8. The van der Waals surface area contributed by atoms with Gasteiger partial charge in [0.15, 0.2) is 0 Å². The Balaban J connectivity index is 2.06. The van der Waals surface area contributed by atoms with Crippen LogP contribution in [0.3, 0.4) is 0 Å². The lowest BCUT2D eigenvalue weighted by Crippen LogP contribution is -2.43. The van der Waals surface area contributed by atoms with Gasteiger partial charge in [0.05, 0.1) is 6.10 Å². The fraction of sp³-hybridized carbons (Fsp3) is 0.571. The Labute approximate surface area is 112 Å². The van der Waals surface area contributed by atoms with E-state index in [1.807, 2.05) is 19.1 Å². The van der Waals surface area contributed by atoms with Crippen LogP contribution >= 0.6 is 11.6 Å². The Kier molecular flexibility index (Phi) is 3.00. The minimum atomic E-state index is -0.105. The fourth-order valence-electron chi connectivity index (χ4n) is 3.03. The number of fused-ring (bicyclic) bond motifs is 1. The Morgan fingerprint density at radius 1 is 1.50 bits per heavy atom. The number of aryl methyl sites for hydroxylation is 1. The number of methoxy groups -OCH3 is 1. The maximum Gasteiger partial charge on any atom is 0.129 e. The van der Waals surface area contributed by atoms with E-state index in [2.05, 4.69) is 5.32 Å². The molecule has 2 aliphatic rings. The molecular weight excluding hydrogens is 250 g/mol. The molecule has 2 atom stereocenters. The monoisotopic (exact) mass is 267 g/mol. The molecule has 1 saturated heterocycles. The van der Waals surface area contributed by atoms with Crippen molar-refractivity contribution >= 4 is 11.6 Å². The fourth-order valence-corrected chi connectivity index (χ4v) is 3.31. The molecule has 98 valence electrons. The van der Waals surface area contributed by atoms with Crippen molar-refractivity contribution in [1.82, 2.24) is 5.32 Å². The second-order valence-corrected chi connectivity index (χ2v) is 5.72. The molecule has 0 amide bonds. The number of hydrogen-bond acceptors (Lipinski definition) is 3. The molecule has 1 fully saturated rings. The van der Waals surface area contributed by atoms with E-state index in [1.165, 1.54) is 0 Å². The summed E-state index contributed by atoms with van der Waals surface area (Å²) in [7, 11) is 1.76. The van der Waals surface area contributed by atoms with Gasteiger partial charge >= 0.3 is 0 Å². The lowest BCUT2D eigenvalue weighted by molar-refractivity contribution is -0.0207. The summed E-state index contributed by atoms with van der Waals surface area (Å²) >= 11 is 6.13. The first-order valence-electron chi connectivity index (χ1n) is 6.36. The molecule has 18 heavy (non-hydrogen) atoms. The highest BCUT2D eigenvalue weighted by molar-refractivity contribution is 6.30. The minimum absolute atomic E-state index is 0.0750. The largest absolute Gasteiger partial charge is 0.485 e. The van der Waals surface area contributed by atoms with Gasteiger partial charge in [0.25, 0.3) is 0 Å². The third-order valence-corrected chi connectivity index (χ3v) is 4.20. The topological polar surface area (TPSA) is 30.5 Å². The van der Waals surface area contributed by atoms with Gasteiger partial charge in [0.1, 0.15) is 11.4 Å². The highest BCUT2D eigenvalue weighted by atomic mass is 35.5. The van der Waals surface area contributed by atoms with Crippen LogP contribution < -0.4 is 10.1 Å². The van der Waals surface area contributed by atoms with E-state index >= 15 is 0 Å². The van der Waals surface area contributed by atoms with E-state index in [1.54, 1.807) is 7.11 Å². The molecule has 2 heterocycles. The van der Waals surface area contributed by atoms with Crippen LogP contribution in [-0.4, -0.2) is 25.8 Å². The zero-order valence-corrected chi connectivity index (χ0v) is 11.5. The highest BCUT2D eigenvalue weighted by Gasteiger charge is 2.43. The van der Waals surface area contributed by atoms with Crippen molar-refractivity contribution in [3.63, 3.8) is 0 Å². The Bertz CT molecular complexity index is 469. The molecule has 0 aliphatic carbocycles. The molecule has 1 N–H and O–H groups in total. The first kappa shape index (κ1) is 12.3. The van der Waals surface area contributed by atoms with Gasteiger partial charge in [0, 0.05) is 37.1 Å². The van der Waals surface area contributed by atoms with E-state index in [4.69, 9.17) is 21.1 Å². The molecule has 1 spiro atoms. The van der Waals surface area contributed by atoms with Crippen molar-refractivity contribution in [3.8, 4) is 5.75 Å². The first-order chi connectivity index (χ1) is 8.63. The molecule has 1 aromatic rings. The first-order valence-corrected chi connectivity index (χ1v) is 6.74. The average Bonchev–Trinajstić information content (AvgIpc) is 2.78. The standard InChI is InChI=1S/C14H18ClNO2/c1-9-5-10(15)6-11-12(17-2)7-14(18-13(9)11)3-4-16-8-14/h5-6,12,16H,3-4,7-8H2,1-2H3. The molecule has 1 aromatic carbocycles. The van der Waals surface area contributed by atoms with Crippen molar-refractivity contribution < 1.29 is 9.47 Å². The third-order valence-electron chi connectivity index (χ3n) is 3.98. The van der Waals surface area contributed by atoms with E-state index in [-0.39, 0.29) is 11.7 Å². The summed E-state index contributed by atoms with van der Waals surface area (Å²) < 4.78 is 11.9. The predicted molar refractivity (Wildman–Crippen MR) is 71.4 cm³/mol. The van der Waals surface area contributed by atoms with Crippen molar-refractivity contribution in [2.24, 2.45) is 0 Å². The number of halogens is 1. The molecule has 4 heteroatoms. The van der Waals surface area contributed by atoms with Crippen LogP contribution in [0, 0.1) is 6.92 Å². The lowest BCUT2D eigenvalue weighted by atomic mass is 9.87. The average molecular weight is 268 g/mol. The van der Waals surface area contributed by atoms with Crippen LogP contribution in [0.2, 0.25) is 5.02 Å². The number of nitrogens with one attached hydrogen (secondary N) is 1. The van der Waals surface area contributed by atoms with Gasteiger partial charge < -0.3 is 14.8 Å². The summed E-state index contributed by atoms with van der Waals surface area (Å²) in [6, 6.07) is 3.92. The number of rotatable bonds is 1. The van der Waals surface area contributed by atoms with E-state index in [0.29, 0.717) is 0 Å². The summed E-state index contributed by atoms with van der Waals surface area (Å²) in [4.78, 5) is 0. The second kappa shape index (κ2) is 4.41. The molecule has 0 bridgehead atoms. The SMILES string of the molecule is COC1CC2(CCNC2)Oc2c(C)cc(Cl)cc21. The molecule has 0 saturated carbocycles. The van der Waals surface area contributed by atoms with Crippen LogP contribution in [0.15, 0.2) is 12.1 Å². The summed E-state index contributed by atoms with van der Waals surface area (Å²) in [6.07, 6.45) is 2.00. The number of ether oxygens (including phenoxy) is 2. The molecule has 0 radical (unpaired) electrons. The molecule has 0 aromatic heterocycles. The van der Waals surface area contributed by atoms with Crippen LogP contribution in [-0.2, 0) is 4.74 Å². The minimum Gasteiger partial charge on any atom is -0.485 e. The normalized spacial score (nSPS) is 30.3. The Hall–Kier alpha value is -0.770. The summed E-state index contributed by atoms with van der Waals surface area (Å²) in [6.45, 7) is 3.95. The van der Waals surface area contributed by atoms with E-state index < -0.39 is 0 Å². The Morgan fingerprint density at radius 2 is 2.33 bits per heavy atom. The Morgan fingerprint density at radius 3 is 3.00 bits per heavy atom. The zero-order valence-electron chi connectivity index (χ0n) is 10.8. The van der Waals surface area contributed by atoms with E-state index in [0.717, 1.165) is 47.8 Å². The number of benzene rings is 1. The van der Waals surface area contributed by atoms with Gasteiger partial charge in [-0.15, -0.1) is 0 Å². The van der Waals surface area contributed by atoms with Gasteiger partial charge in [0.2, 0.25) is 0 Å². The maximum atomic E-state index is 6.30. The number of hydrogen-bond donors (Lipinski definition) is 1.